The van der Waals surface area contributed by atoms with Crippen molar-refractivity contribution in [2.75, 3.05) is 7.11 Å². The van der Waals surface area contributed by atoms with Crippen LogP contribution in [0.2, 0.25) is 0 Å². The van der Waals surface area contributed by atoms with E-state index in [9.17, 15) is 5.11 Å². The average Bonchev–Trinajstić information content (AvgIpc) is 2.30. The fourth-order valence-corrected chi connectivity index (χ4v) is 2.16. The van der Waals surface area contributed by atoms with Crippen LogP contribution in [-0.2, 0) is 0 Å². The Labute approximate surface area is 106 Å². The molecule has 0 saturated carbocycles. The molecule has 0 heterocycles. The lowest BCUT2D eigenvalue weighted by Gasteiger charge is -2.13. The third-order valence-electron chi connectivity index (χ3n) is 2.64. The molecule has 0 aromatic heterocycles. The summed E-state index contributed by atoms with van der Waals surface area (Å²) in [5.74, 6) is 0.785. The van der Waals surface area contributed by atoms with E-state index in [2.05, 4.69) is 22.9 Å². The zero-order valence-electron chi connectivity index (χ0n) is 9.87. The molecule has 1 N–H and O–H groups in total. The Balaban J connectivity index is 2.69. The molecule has 0 fully saturated rings. The lowest BCUT2D eigenvalue weighted by atomic mass is 10.0. The Kier molecular flexibility index (Phi) is 5.85. The van der Waals surface area contributed by atoms with Gasteiger partial charge in [-0.05, 0) is 30.2 Å². The number of aliphatic hydroxyl groups excluding tert-OH is 1. The second-order valence-corrected chi connectivity index (χ2v) is 4.75. The molecule has 0 amide bonds. The maximum absolute atomic E-state index is 10.1. The second-order valence-electron chi connectivity index (χ2n) is 3.90. The minimum atomic E-state index is -0.406. The summed E-state index contributed by atoms with van der Waals surface area (Å²) in [7, 11) is 1.64. The van der Waals surface area contributed by atoms with E-state index in [4.69, 9.17) is 4.74 Å². The van der Waals surface area contributed by atoms with Crippen LogP contribution >= 0.6 is 15.9 Å². The van der Waals surface area contributed by atoms with E-state index >= 15 is 0 Å². The Bertz CT molecular complexity index is 326. The van der Waals surface area contributed by atoms with Gasteiger partial charge in [0.15, 0.2) is 0 Å². The number of halogens is 1. The molecule has 0 spiro atoms. The van der Waals surface area contributed by atoms with E-state index in [1.54, 1.807) is 7.11 Å². The number of unbranched alkanes of at least 4 members (excludes halogenated alkanes) is 2. The van der Waals surface area contributed by atoms with Crippen molar-refractivity contribution in [3.8, 4) is 5.75 Å². The highest BCUT2D eigenvalue weighted by molar-refractivity contribution is 9.10. The number of aliphatic hydroxyl groups is 1. The van der Waals surface area contributed by atoms with Gasteiger partial charge in [0.1, 0.15) is 5.75 Å². The Morgan fingerprint density at radius 2 is 2.12 bits per heavy atom. The van der Waals surface area contributed by atoms with Crippen molar-refractivity contribution in [3.63, 3.8) is 0 Å². The first-order valence-corrected chi connectivity index (χ1v) is 6.49. The van der Waals surface area contributed by atoms with Gasteiger partial charge in [-0.1, -0.05) is 42.1 Å². The Morgan fingerprint density at radius 3 is 2.75 bits per heavy atom. The predicted molar refractivity (Wildman–Crippen MR) is 69.8 cm³/mol. The SMILES string of the molecule is CCCCCC(O)c1cc(OC)ccc1Br. The van der Waals surface area contributed by atoms with Crippen LogP contribution in [-0.4, -0.2) is 12.2 Å². The molecule has 0 aliphatic rings. The fourth-order valence-electron chi connectivity index (χ4n) is 1.65. The third kappa shape index (κ3) is 3.80. The number of benzene rings is 1. The molecular formula is C13H19BrO2. The van der Waals surface area contributed by atoms with Crippen LogP contribution in [0.25, 0.3) is 0 Å². The smallest absolute Gasteiger partial charge is 0.119 e. The molecule has 1 unspecified atom stereocenters. The molecule has 0 saturated heterocycles. The Morgan fingerprint density at radius 1 is 1.38 bits per heavy atom. The molecule has 16 heavy (non-hydrogen) atoms. The van der Waals surface area contributed by atoms with E-state index < -0.39 is 6.10 Å². The molecule has 0 aliphatic carbocycles. The predicted octanol–water partition coefficient (Wildman–Crippen LogP) is 4.07. The maximum Gasteiger partial charge on any atom is 0.119 e. The third-order valence-corrected chi connectivity index (χ3v) is 3.37. The first kappa shape index (κ1) is 13.5. The summed E-state index contributed by atoms with van der Waals surface area (Å²) in [6.07, 6.45) is 3.79. The Hall–Kier alpha value is -0.540. The monoisotopic (exact) mass is 286 g/mol. The summed E-state index contributed by atoms with van der Waals surface area (Å²) in [4.78, 5) is 0. The van der Waals surface area contributed by atoms with Crippen molar-refractivity contribution in [2.45, 2.75) is 38.7 Å². The van der Waals surface area contributed by atoms with E-state index in [0.717, 1.165) is 28.6 Å². The lowest BCUT2D eigenvalue weighted by molar-refractivity contribution is 0.162. The van der Waals surface area contributed by atoms with Gasteiger partial charge in [-0.25, -0.2) is 0 Å². The van der Waals surface area contributed by atoms with Crippen LogP contribution < -0.4 is 4.74 Å². The molecule has 90 valence electrons. The summed E-state index contributed by atoms with van der Waals surface area (Å²) in [5, 5.41) is 10.1. The topological polar surface area (TPSA) is 29.5 Å². The van der Waals surface area contributed by atoms with E-state index in [1.807, 2.05) is 18.2 Å². The van der Waals surface area contributed by atoms with E-state index in [0.29, 0.717) is 0 Å². The van der Waals surface area contributed by atoms with Crippen molar-refractivity contribution in [1.29, 1.82) is 0 Å². The number of hydrogen-bond donors (Lipinski definition) is 1. The van der Waals surface area contributed by atoms with Crippen molar-refractivity contribution in [3.05, 3.63) is 28.2 Å². The summed E-state index contributed by atoms with van der Waals surface area (Å²) in [5.41, 5.74) is 0.912. The first-order chi connectivity index (χ1) is 7.69. The second kappa shape index (κ2) is 6.92. The number of rotatable bonds is 6. The molecule has 1 rings (SSSR count). The van der Waals surface area contributed by atoms with Crippen LogP contribution in [0.1, 0.15) is 44.3 Å². The minimum Gasteiger partial charge on any atom is -0.497 e. The average molecular weight is 287 g/mol. The number of ether oxygens (including phenoxy) is 1. The van der Waals surface area contributed by atoms with Gasteiger partial charge in [0, 0.05) is 4.47 Å². The molecular weight excluding hydrogens is 268 g/mol. The largest absolute Gasteiger partial charge is 0.497 e. The van der Waals surface area contributed by atoms with E-state index in [-0.39, 0.29) is 0 Å². The van der Waals surface area contributed by atoms with Crippen LogP contribution in [0.15, 0.2) is 22.7 Å². The standard InChI is InChI=1S/C13H19BrO2/c1-3-4-5-6-13(15)11-9-10(16-2)7-8-12(11)14/h7-9,13,15H,3-6H2,1-2H3. The lowest BCUT2D eigenvalue weighted by Crippen LogP contribution is -1.99. The van der Waals surface area contributed by atoms with Gasteiger partial charge >= 0.3 is 0 Å². The van der Waals surface area contributed by atoms with E-state index in [1.165, 1.54) is 12.8 Å². The van der Waals surface area contributed by atoms with Gasteiger partial charge in [0.2, 0.25) is 0 Å². The highest BCUT2D eigenvalue weighted by atomic mass is 79.9. The van der Waals surface area contributed by atoms with Gasteiger partial charge in [-0.2, -0.15) is 0 Å². The molecule has 0 radical (unpaired) electrons. The van der Waals surface area contributed by atoms with Gasteiger partial charge in [-0.3, -0.25) is 0 Å². The fraction of sp³-hybridized carbons (Fsp3) is 0.538. The van der Waals surface area contributed by atoms with Gasteiger partial charge < -0.3 is 9.84 Å². The summed E-state index contributed by atoms with van der Waals surface area (Å²) in [6, 6.07) is 5.68. The van der Waals surface area contributed by atoms with Crippen LogP contribution in [0.4, 0.5) is 0 Å². The van der Waals surface area contributed by atoms with Gasteiger partial charge in [0.05, 0.1) is 13.2 Å². The molecule has 0 bridgehead atoms. The van der Waals surface area contributed by atoms with Crippen molar-refractivity contribution < 1.29 is 9.84 Å². The normalized spacial score (nSPS) is 12.5. The molecule has 1 aromatic rings. The number of hydrogen-bond acceptors (Lipinski definition) is 2. The molecule has 0 aliphatic heterocycles. The quantitative estimate of drug-likeness (QED) is 0.799. The van der Waals surface area contributed by atoms with Gasteiger partial charge in [-0.15, -0.1) is 0 Å². The molecule has 1 atom stereocenters. The van der Waals surface area contributed by atoms with Crippen molar-refractivity contribution >= 4 is 15.9 Å². The van der Waals surface area contributed by atoms with Crippen molar-refractivity contribution in [2.24, 2.45) is 0 Å². The van der Waals surface area contributed by atoms with Crippen LogP contribution in [0.3, 0.4) is 0 Å². The summed E-state index contributed by atoms with van der Waals surface area (Å²) < 4.78 is 6.10. The summed E-state index contributed by atoms with van der Waals surface area (Å²) >= 11 is 3.45. The highest BCUT2D eigenvalue weighted by Gasteiger charge is 2.11. The summed E-state index contributed by atoms with van der Waals surface area (Å²) in [6.45, 7) is 2.16. The molecule has 1 aromatic carbocycles. The van der Waals surface area contributed by atoms with Crippen LogP contribution in [0.5, 0.6) is 5.75 Å². The van der Waals surface area contributed by atoms with Crippen LogP contribution in [0, 0.1) is 0 Å². The zero-order chi connectivity index (χ0) is 12.0. The first-order valence-electron chi connectivity index (χ1n) is 5.70. The molecule has 2 nitrogen and oxygen atoms in total. The zero-order valence-corrected chi connectivity index (χ0v) is 11.5. The minimum absolute atomic E-state index is 0.406. The van der Waals surface area contributed by atoms with Crippen molar-refractivity contribution in [1.82, 2.24) is 0 Å². The maximum atomic E-state index is 10.1. The highest BCUT2D eigenvalue weighted by Crippen LogP contribution is 2.30. The van der Waals surface area contributed by atoms with Gasteiger partial charge in [0.25, 0.3) is 0 Å². The number of methoxy groups -OCH3 is 1. The molecule has 3 heteroatoms.